The lowest BCUT2D eigenvalue weighted by molar-refractivity contribution is -0.131. The van der Waals surface area contributed by atoms with Gasteiger partial charge in [0.05, 0.1) is 27.2 Å². The normalized spacial score (nSPS) is 15.5. The van der Waals surface area contributed by atoms with Gasteiger partial charge in [-0.05, 0) is 41.8 Å². The predicted octanol–water partition coefficient (Wildman–Crippen LogP) is 1.58. The molecule has 2 aromatic rings. The van der Waals surface area contributed by atoms with E-state index in [4.69, 9.17) is 9.47 Å². The van der Waals surface area contributed by atoms with Gasteiger partial charge >= 0.3 is 6.03 Å². The number of nitrogens with one attached hydrogen (secondary N) is 2. The Bertz CT molecular complexity index is 960. The minimum atomic E-state index is -0.902. The summed E-state index contributed by atoms with van der Waals surface area (Å²) in [5.74, 6) is 0.446. The first-order valence-electron chi connectivity index (χ1n) is 9.78. The summed E-state index contributed by atoms with van der Waals surface area (Å²) in [5, 5.41) is 14.6. The van der Waals surface area contributed by atoms with Crippen LogP contribution in [0.2, 0.25) is 0 Å². The van der Waals surface area contributed by atoms with Crippen LogP contribution in [0.25, 0.3) is 0 Å². The average molecular weight is 427 g/mol. The molecule has 0 aliphatic carbocycles. The average Bonchev–Trinajstić information content (AvgIpc) is 3.02. The van der Waals surface area contributed by atoms with Gasteiger partial charge in [-0.25, -0.2) is 4.79 Å². The maximum absolute atomic E-state index is 12.6. The van der Waals surface area contributed by atoms with Gasteiger partial charge in [-0.3, -0.25) is 14.5 Å². The van der Waals surface area contributed by atoms with Gasteiger partial charge in [0.2, 0.25) is 5.91 Å². The van der Waals surface area contributed by atoms with Crippen LogP contribution in [0.15, 0.2) is 42.5 Å². The topological polar surface area (TPSA) is 117 Å². The van der Waals surface area contributed by atoms with Crippen molar-refractivity contribution in [1.29, 1.82) is 0 Å². The molecule has 1 saturated heterocycles. The summed E-state index contributed by atoms with van der Waals surface area (Å²) < 4.78 is 10.4. The third-order valence-electron chi connectivity index (χ3n) is 4.96. The molecule has 9 heteroatoms. The van der Waals surface area contributed by atoms with Gasteiger partial charge in [0.15, 0.2) is 11.5 Å². The van der Waals surface area contributed by atoms with E-state index < -0.39 is 18.0 Å². The van der Waals surface area contributed by atoms with Gasteiger partial charge in [0.25, 0.3) is 5.91 Å². The first-order chi connectivity index (χ1) is 14.9. The zero-order valence-electron chi connectivity index (χ0n) is 17.4. The maximum atomic E-state index is 12.6. The van der Waals surface area contributed by atoms with E-state index in [1.54, 1.807) is 42.5 Å². The van der Waals surface area contributed by atoms with E-state index in [1.807, 2.05) is 0 Å². The molecule has 3 N–H and O–H groups in total. The molecule has 1 aliphatic heterocycles. The van der Waals surface area contributed by atoms with Gasteiger partial charge in [0.1, 0.15) is 11.8 Å². The molecule has 4 amide bonds. The van der Waals surface area contributed by atoms with E-state index in [2.05, 4.69) is 10.6 Å². The van der Waals surface area contributed by atoms with Gasteiger partial charge in [-0.1, -0.05) is 18.2 Å². The Balaban J connectivity index is 1.52. The lowest BCUT2D eigenvalue weighted by Gasteiger charge is -2.15. The second-order valence-electron chi connectivity index (χ2n) is 7.09. The fourth-order valence-corrected chi connectivity index (χ4v) is 3.29. The van der Waals surface area contributed by atoms with E-state index in [-0.39, 0.29) is 24.6 Å². The number of ether oxygens (including phenoxy) is 2. The van der Waals surface area contributed by atoms with Crippen molar-refractivity contribution in [2.45, 2.75) is 25.4 Å². The van der Waals surface area contributed by atoms with Crippen LogP contribution in [0.3, 0.4) is 0 Å². The highest BCUT2D eigenvalue weighted by Crippen LogP contribution is 2.28. The number of methoxy groups -OCH3 is 2. The summed E-state index contributed by atoms with van der Waals surface area (Å²) in [6.45, 7) is 0.442. The molecule has 31 heavy (non-hydrogen) atoms. The quantitative estimate of drug-likeness (QED) is 0.523. The summed E-state index contributed by atoms with van der Waals surface area (Å²) in [4.78, 5) is 38.2. The van der Waals surface area contributed by atoms with Crippen LogP contribution in [0.4, 0.5) is 4.79 Å². The van der Waals surface area contributed by atoms with Crippen molar-refractivity contribution in [3.8, 4) is 17.2 Å². The van der Waals surface area contributed by atoms with Crippen molar-refractivity contribution in [1.82, 2.24) is 15.5 Å². The molecule has 0 bridgehead atoms. The molecule has 0 saturated carbocycles. The fourth-order valence-electron chi connectivity index (χ4n) is 3.29. The third-order valence-corrected chi connectivity index (χ3v) is 4.96. The molecular formula is C22H25N3O6. The first-order valence-corrected chi connectivity index (χ1v) is 9.78. The Labute approximate surface area is 179 Å². The van der Waals surface area contributed by atoms with Crippen molar-refractivity contribution in [2.24, 2.45) is 0 Å². The van der Waals surface area contributed by atoms with Gasteiger partial charge in [0, 0.05) is 6.54 Å². The van der Waals surface area contributed by atoms with Crippen LogP contribution in [-0.2, 0) is 22.6 Å². The molecule has 9 nitrogen and oxygen atoms in total. The Morgan fingerprint density at radius 2 is 1.74 bits per heavy atom. The minimum absolute atomic E-state index is 0.0595. The highest BCUT2D eigenvalue weighted by molar-refractivity contribution is 6.05. The second-order valence-corrected chi connectivity index (χ2v) is 7.09. The lowest BCUT2D eigenvalue weighted by Crippen LogP contribution is -2.37. The zero-order valence-corrected chi connectivity index (χ0v) is 17.4. The fraction of sp³-hybridized carbons (Fsp3) is 0.318. The number of rotatable bonds is 9. The molecule has 3 rings (SSSR count). The number of hydrogen-bond donors (Lipinski definition) is 3. The van der Waals surface area contributed by atoms with Crippen molar-refractivity contribution in [2.75, 3.05) is 20.8 Å². The molecule has 1 aliphatic rings. The Kier molecular flexibility index (Phi) is 6.96. The van der Waals surface area contributed by atoms with Crippen molar-refractivity contribution >= 4 is 17.8 Å². The van der Waals surface area contributed by atoms with Crippen LogP contribution >= 0.6 is 0 Å². The number of nitrogens with zero attached hydrogens (tertiary/aromatic N) is 1. The predicted molar refractivity (Wildman–Crippen MR) is 112 cm³/mol. The largest absolute Gasteiger partial charge is 0.508 e. The van der Waals surface area contributed by atoms with Crippen LogP contribution in [0, 0.1) is 0 Å². The number of imide groups is 1. The molecule has 1 unspecified atom stereocenters. The Hall–Kier alpha value is -3.75. The van der Waals surface area contributed by atoms with Crippen LogP contribution in [0.5, 0.6) is 17.2 Å². The number of carbonyl (C=O) groups is 3. The SMILES string of the molecule is COc1ccc(CN2C(=O)NC(CC(=O)NCCc3ccc(O)cc3)C2=O)cc1OC. The summed E-state index contributed by atoms with van der Waals surface area (Å²) in [5.41, 5.74) is 1.66. The molecule has 1 fully saturated rings. The standard InChI is InChI=1S/C22H25N3O6/c1-30-18-8-5-15(11-19(18)31-2)13-25-21(28)17(24-22(25)29)12-20(27)23-10-9-14-3-6-16(26)7-4-14/h3-8,11,17,26H,9-10,12-13H2,1-2H3,(H,23,27)(H,24,29). The lowest BCUT2D eigenvalue weighted by atomic mass is 10.1. The van der Waals surface area contributed by atoms with E-state index in [1.165, 1.54) is 14.2 Å². The molecule has 0 spiro atoms. The highest BCUT2D eigenvalue weighted by atomic mass is 16.5. The third kappa shape index (κ3) is 5.44. The summed E-state index contributed by atoms with van der Waals surface area (Å²) in [6.07, 6.45) is 0.449. The number of benzene rings is 2. The van der Waals surface area contributed by atoms with E-state index in [9.17, 15) is 19.5 Å². The monoisotopic (exact) mass is 427 g/mol. The molecule has 1 atom stereocenters. The van der Waals surface area contributed by atoms with Gasteiger partial charge in [-0.2, -0.15) is 0 Å². The first kappa shape index (κ1) is 21.9. The smallest absolute Gasteiger partial charge is 0.325 e. The number of hydrogen-bond acceptors (Lipinski definition) is 6. The van der Waals surface area contributed by atoms with Crippen molar-refractivity contribution in [3.05, 3.63) is 53.6 Å². The summed E-state index contributed by atoms with van der Waals surface area (Å²) in [7, 11) is 3.03. The number of carbonyl (C=O) groups excluding carboxylic acids is 3. The van der Waals surface area contributed by atoms with E-state index in [0.29, 0.717) is 30.0 Å². The molecule has 2 aromatic carbocycles. The second kappa shape index (κ2) is 9.84. The molecular weight excluding hydrogens is 402 g/mol. The number of phenolic OH excluding ortho intramolecular Hbond substituents is 1. The number of urea groups is 1. The Morgan fingerprint density at radius 3 is 2.42 bits per heavy atom. The number of amides is 4. The van der Waals surface area contributed by atoms with E-state index >= 15 is 0 Å². The molecule has 0 radical (unpaired) electrons. The van der Waals surface area contributed by atoms with Crippen LogP contribution < -0.4 is 20.1 Å². The summed E-state index contributed by atoms with van der Waals surface area (Å²) >= 11 is 0. The van der Waals surface area contributed by atoms with Gasteiger partial charge < -0.3 is 25.2 Å². The van der Waals surface area contributed by atoms with Crippen LogP contribution in [0.1, 0.15) is 17.5 Å². The minimum Gasteiger partial charge on any atom is -0.508 e. The van der Waals surface area contributed by atoms with Gasteiger partial charge in [-0.15, -0.1) is 0 Å². The maximum Gasteiger partial charge on any atom is 0.325 e. The van der Waals surface area contributed by atoms with Crippen molar-refractivity contribution < 1.29 is 29.0 Å². The molecule has 1 heterocycles. The number of aromatic hydroxyl groups is 1. The Morgan fingerprint density at radius 1 is 1.06 bits per heavy atom. The summed E-state index contributed by atoms with van der Waals surface area (Å²) in [6, 6.07) is 10.4. The highest BCUT2D eigenvalue weighted by Gasteiger charge is 2.39. The molecule has 0 aromatic heterocycles. The van der Waals surface area contributed by atoms with Crippen LogP contribution in [-0.4, -0.2) is 54.7 Å². The van der Waals surface area contributed by atoms with Crippen molar-refractivity contribution in [3.63, 3.8) is 0 Å². The zero-order chi connectivity index (χ0) is 22.4. The van der Waals surface area contributed by atoms with E-state index in [0.717, 1.165) is 10.5 Å². The number of phenols is 1. The molecule has 164 valence electrons.